The summed E-state index contributed by atoms with van der Waals surface area (Å²) in [5, 5.41) is 10.4. The molecule has 136 valence electrons. The average Bonchev–Trinajstić information content (AvgIpc) is 3.17. The van der Waals surface area contributed by atoms with Gasteiger partial charge in [-0.15, -0.1) is 11.3 Å². The van der Waals surface area contributed by atoms with Crippen molar-refractivity contribution in [3.8, 4) is 32.8 Å². The van der Waals surface area contributed by atoms with Crippen molar-refractivity contribution in [2.75, 3.05) is 0 Å². The molecule has 0 radical (unpaired) electrons. The second-order valence-electron chi connectivity index (χ2n) is 6.67. The Morgan fingerprint density at radius 2 is 2.07 bits per heavy atom. The summed E-state index contributed by atoms with van der Waals surface area (Å²) in [5.41, 5.74) is 5.55. The van der Waals surface area contributed by atoms with E-state index < -0.39 is 0 Å². The molecule has 3 rings (SSSR count). The Balaban J connectivity index is 1.99. The van der Waals surface area contributed by atoms with Crippen LogP contribution in [0.1, 0.15) is 37.5 Å². The van der Waals surface area contributed by atoms with Crippen molar-refractivity contribution >= 4 is 19.2 Å². The molecule has 0 saturated heterocycles. The van der Waals surface area contributed by atoms with Crippen molar-refractivity contribution in [3.05, 3.63) is 59.3 Å². The third kappa shape index (κ3) is 4.07. The molecule has 1 heterocycles. The molecule has 3 nitrogen and oxygen atoms in total. The Labute approximate surface area is 166 Å². The number of hydrogen-bond donors (Lipinski definition) is 0. The molecule has 0 atom stereocenters. The molecule has 0 aliphatic carbocycles. The van der Waals surface area contributed by atoms with Gasteiger partial charge in [0.15, 0.2) is 0 Å². The maximum absolute atomic E-state index is 9.46. The van der Waals surface area contributed by atoms with Crippen LogP contribution in [0.5, 0.6) is 5.75 Å². The van der Waals surface area contributed by atoms with Gasteiger partial charge < -0.3 is 4.74 Å². The van der Waals surface area contributed by atoms with Crippen LogP contribution in [0.15, 0.2) is 42.6 Å². The lowest BCUT2D eigenvalue weighted by Crippen LogP contribution is -2.06. The predicted octanol–water partition coefficient (Wildman–Crippen LogP) is 4.83. The molecule has 0 fully saturated rings. The van der Waals surface area contributed by atoms with Gasteiger partial charge >= 0.3 is 0 Å². The Hall–Kier alpha value is -2.58. The zero-order valence-corrected chi connectivity index (χ0v) is 17.1. The van der Waals surface area contributed by atoms with Gasteiger partial charge in [0.1, 0.15) is 24.7 Å². The summed E-state index contributed by atoms with van der Waals surface area (Å²) in [5.74, 6) is 0.622. The minimum absolute atomic E-state index is 0.0349. The fourth-order valence-electron chi connectivity index (χ4n) is 3.25. The Bertz CT molecular complexity index is 988. The molecule has 0 spiro atoms. The highest BCUT2D eigenvalue weighted by Crippen LogP contribution is 2.36. The number of nitriles is 1. The standard InChI is InChI=1S/C22H23BN2OS/c1-4-18-16(11-23)6-5-7-19(18)21-13-25-22(27-21)15-8-9-20(26-14(2)3)17(10-15)12-24/h5-10,13-14H,4,11,23H2,1-3H3. The van der Waals surface area contributed by atoms with E-state index in [9.17, 15) is 5.26 Å². The number of thiazole rings is 1. The molecule has 0 unspecified atom stereocenters. The van der Waals surface area contributed by atoms with Crippen LogP contribution in [0.3, 0.4) is 0 Å². The summed E-state index contributed by atoms with van der Waals surface area (Å²) < 4.78 is 5.72. The number of aromatic nitrogens is 1. The number of nitrogens with zero attached hydrogens (tertiary/aromatic N) is 2. The van der Waals surface area contributed by atoms with Crippen molar-refractivity contribution < 1.29 is 4.74 Å². The summed E-state index contributed by atoms with van der Waals surface area (Å²) in [6.07, 6.45) is 4.02. The summed E-state index contributed by atoms with van der Waals surface area (Å²) in [4.78, 5) is 5.79. The summed E-state index contributed by atoms with van der Waals surface area (Å²) in [6.45, 7) is 6.11. The number of rotatable bonds is 6. The van der Waals surface area contributed by atoms with Gasteiger partial charge in [-0.3, -0.25) is 0 Å². The van der Waals surface area contributed by atoms with Crippen LogP contribution in [-0.4, -0.2) is 18.9 Å². The zero-order valence-electron chi connectivity index (χ0n) is 16.2. The van der Waals surface area contributed by atoms with Crippen LogP contribution in [0.2, 0.25) is 0 Å². The van der Waals surface area contributed by atoms with Crippen LogP contribution in [0, 0.1) is 11.3 Å². The summed E-state index contributed by atoms with van der Waals surface area (Å²) >= 11 is 1.67. The molecular formula is C22H23BN2OS. The second kappa shape index (κ2) is 8.41. The quantitative estimate of drug-likeness (QED) is 0.581. The van der Waals surface area contributed by atoms with Gasteiger partial charge in [-0.25, -0.2) is 4.98 Å². The lowest BCUT2D eigenvalue weighted by Gasteiger charge is -2.11. The lowest BCUT2D eigenvalue weighted by molar-refractivity contribution is 0.242. The van der Waals surface area contributed by atoms with Crippen molar-refractivity contribution in [1.29, 1.82) is 5.26 Å². The number of benzene rings is 2. The van der Waals surface area contributed by atoms with Crippen molar-refractivity contribution in [3.63, 3.8) is 0 Å². The SMILES string of the molecule is BCc1cccc(-c2cnc(-c3ccc(OC(C)C)c(C#N)c3)s2)c1CC. The number of hydrogen-bond acceptors (Lipinski definition) is 4. The molecule has 0 N–H and O–H groups in total. The molecule has 27 heavy (non-hydrogen) atoms. The highest BCUT2D eigenvalue weighted by atomic mass is 32.1. The van der Waals surface area contributed by atoms with Crippen LogP contribution in [0.4, 0.5) is 0 Å². The first-order chi connectivity index (χ1) is 13.1. The molecule has 0 aliphatic rings. The van der Waals surface area contributed by atoms with E-state index in [-0.39, 0.29) is 6.10 Å². The first-order valence-electron chi connectivity index (χ1n) is 9.35. The molecule has 1 aromatic heterocycles. The van der Waals surface area contributed by atoms with E-state index in [1.807, 2.05) is 38.2 Å². The average molecular weight is 374 g/mol. The maximum atomic E-state index is 9.46. The fourth-order valence-corrected chi connectivity index (χ4v) is 4.22. The van der Waals surface area contributed by atoms with Gasteiger partial charge in [0.05, 0.1) is 16.5 Å². The first-order valence-corrected chi connectivity index (χ1v) is 10.2. The third-order valence-corrected chi connectivity index (χ3v) is 5.57. The van der Waals surface area contributed by atoms with E-state index in [0.29, 0.717) is 11.3 Å². The van der Waals surface area contributed by atoms with Crippen LogP contribution < -0.4 is 4.74 Å². The smallest absolute Gasteiger partial charge is 0.137 e. The lowest BCUT2D eigenvalue weighted by atomic mass is 9.89. The third-order valence-electron chi connectivity index (χ3n) is 4.49. The van der Waals surface area contributed by atoms with Gasteiger partial charge in [0.25, 0.3) is 0 Å². The van der Waals surface area contributed by atoms with Gasteiger partial charge in [-0.05, 0) is 49.6 Å². The van der Waals surface area contributed by atoms with Gasteiger partial charge in [-0.1, -0.05) is 37.0 Å². The minimum atomic E-state index is 0.0349. The first kappa shape index (κ1) is 19.2. The summed E-state index contributed by atoms with van der Waals surface area (Å²) in [7, 11) is 2.20. The molecule has 0 bridgehead atoms. The van der Waals surface area contributed by atoms with E-state index in [1.54, 1.807) is 11.3 Å². The molecule has 0 saturated carbocycles. The molecular weight excluding hydrogens is 351 g/mol. The van der Waals surface area contributed by atoms with Crippen molar-refractivity contribution in [2.45, 2.75) is 39.6 Å². The van der Waals surface area contributed by atoms with Crippen LogP contribution in [-0.2, 0) is 12.7 Å². The van der Waals surface area contributed by atoms with Gasteiger partial charge in [0.2, 0.25) is 0 Å². The Morgan fingerprint density at radius 1 is 1.26 bits per heavy atom. The Kier molecular flexibility index (Phi) is 5.98. The number of ether oxygens (including phenoxy) is 1. The Morgan fingerprint density at radius 3 is 2.74 bits per heavy atom. The largest absolute Gasteiger partial charge is 0.490 e. The van der Waals surface area contributed by atoms with Crippen LogP contribution in [0.25, 0.3) is 21.0 Å². The topological polar surface area (TPSA) is 45.9 Å². The van der Waals surface area contributed by atoms with Crippen molar-refractivity contribution in [1.82, 2.24) is 4.98 Å². The molecule has 3 aromatic rings. The van der Waals surface area contributed by atoms with Crippen LogP contribution >= 0.6 is 11.3 Å². The molecule has 0 amide bonds. The maximum Gasteiger partial charge on any atom is 0.137 e. The molecule has 0 aliphatic heterocycles. The van der Waals surface area contributed by atoms with E-state index in [1.165, 1.54) is 16.7 Å². The zero-order chi connectivity index (χ0) is 19.4. The monoisotopic (exact) mass is 374 g/mol. The van der Waals surface area contributed by atoms with Gasteiger partial charge in [-0.2, -0.15) is 5.26 Å². The van der Waals surface area contributed by atoms with E-state index in [0.717, 1.165) is 28.2 Å². The summed E-state index contributed by atoms with van der Waals surface area (Å²) in [6, 6.07) is 14.4. The predicted molar refractivity (Wildman–Crippen MR) is 115 cm³/mol. The molecule has 2 aromatic carbocycles. The van der Waals surface area contributed by atoms with E-state index in [2.05, 4.69) is 44.0 Å². The second-order valence-corrected chi connectivity index (χ2v) is 7.70. The van der Waals surface area contributed by atoms with Gasteiger partial charge in [0, 0.05) is 11.8 Å². The minimum Gasteiger partial charge on any atom is -0.490 e. The van der Waals surface area contributed by atoms with Crippen molar-refractivity contribution in [2.24, 2.45) is 0 Å². The fraction of sp³-hybridized carbons (Fsp3) is 0.273. The molecule has 5 heteroatoms. The normalized spacial score (nSPS) is 10.8. The highest BCUT2D eigenvalue weighted by Gasteiger charge is 2.14. The highest BCUT2D eigenvalue weighted by molar-refractivity contribution is 7.18. The van der Waals surface area contributed by atoms with E-state index in [4.69, 9.17) is 4.74 Å². The van der Waals surface area contributed by atoms with E-state index >= 15 is 0 Å².